The minimum absolute atomic E-state index is 0.134. The van der Waals surface area contributed by atoms with Gasteiger partial charge in [0.15, 0.2) is 0 Å². The Morgan fingerprint density at radius 3 is 2.52 bits per heavy atom. The second-order valence-electron chi connectivity index (χ2n) is 5.41. The number of hydrogen-bond donors (Lipinski definition) is 0. The first-order valence-electron chi connectivity index (χ1n) is 7.10. The number of para-hydroxylation sites is 1. The average molecular weight is 306 g/mol. The van der Waals surface area contributed by atoms with Crippen molar-refractivity contribution in [3.63, 3.8) is 0 Å². The summed E-state index contributed by atoms with van der Waals surface area (Å²) in [5.41, 5.74) is 1.15. The van der Waals surface area contributed by atoms with Gasteiger partial charge in [-0.2, -0.15) is 0 Å². The highest BCUT2D eigenvalue weighted by atomic mass is 32.2. The molecule has 112 valence electrons. The summed E-state index contributed by atoms with van der Waals surface area (Å²) in [4.78, 5) is 0. The largest absolute Gasteiger partial charge is 0.364 e. The van der Waals surface area contributed by atoms with E-state index in [1.807, 2.05) is 30.3 Å². The monoisotopic (exact) mass is 306 g/mol. The van der Waals surface area contributed by atoms with Gasteiger partial charge in [0.25, 0.3) is 0 Å². The van der Waals surface area contributed by atoms with Crippen molar-refractivity contribution in [3.8, 4) is 0 Å². The fourth-order valence-corrected chi connectivity index (χ4v) is 4.02. The van der Waals surface area contributed by atoms with E-state index in [1.165, 1.54) is 17.0 Å². The summed E-state index contributed by atoms with van der Waals surface area (Å²) >= 11 is 0. The molecular formula is C15H18N2O3S. The van der Waals surface area contributed by atoms with Crippen LogP contribution in [0.1, 0.15) is 25.0 Å². The molecule has 0 unspecified atom stereocenters. The smallest absolute Gasteiger partial charge is 0.241 e. The van der Waals surface area contributed by atoms with Crippen LogP contribution in [-0.2, 0) is 15.8 Å². The van der Waals surface area contributed by atoms with Gasteiger partial charge in [0.05, 0.1) is 5.69 Å². The molecule has 0 N–H and O–H groups in total. The molecule has 2 aromatic rings. The van der Waals surface area contributed by atoms with Crippen molar-refractivity contribution in [2.24, 2.45) is 5.92 Å². The van der Waals surface area contributed by atoms with Crippen molar-refractivity contribution in [1.29, 1.82) is 0 Å². The van der Waals surface area contributed by atoms with Crippen molar-refractivity contribution >= 4 is 15.7 Å². The highest BCUT2D eigenvalue weighted by Gasteiger charge is 2.29. The van der Waals surface area contributed by atoms with Gasteiger partial charge in [-0.3, -0.25) is 4.31 Å². The number of sulfonamides is 1. The van der Waals surface area contributed by atoms with Crippen LogP contribution in [-0.4, -0.2) is 20.1 Å². The molecule has 6 heteroatoms. The lowest BCUT2D eigenvalue weighted by Gasteiger charge is -2.33. The molecule has 1 fully saturated rings. The van der Waals surface area contributed by atoms with Gasteiger partial charge in [0.2, 0.25) is 10.0 Å². The summed E-state index contributed by atoms with van der Waals surface area (Å²) in [5, 5.41) is 3.71. The predicted octanol–water partition coefficient (Wildman–Crippen LogP) is 2.81. The Bertz CT molecular complexity index is 664. The van der Waals surface area contributed by atoms with Gasteiger partial charge in [0.1, 0.15) is 17.7 Å². The van der Waals surface area contributed by atoms with E-state index in [2.05, 4.69) is 5.16 Å². The fraction of sp³-hybridized carbons (Fsp3) is 0.400. The maximum absolute atomic E-state index is 12.7. The third kappa shape index (κ3) is 3.26. The van der Waals surface area contributed by atoms with Crippen LogP contribution in [0.2, 0.25) is 0 Å². The summed E-state index contributed by atoms with van der Waals surface area (Å²) in [7, 11) is -3.46. The van der Waals surface area contributed by atoms with E-state index in [1.54, 1.807) is 6.07 Å². The first-order chi connectivity index (χ1) is 10.1. The molecule has 0 atom stereocenters. The van der Waals surface area contributed by atoms with Crippen LogP contribution in [0.3, 0.4) is 0 Å². The van der Waals surface area contributed by atoms with E-state index in [0.29, 0.717) is 23.8 Å². The highest BCUT2D eigenvalue weighted by molar-refractivity contribution is 7.92. The summed E-state index contributed by atoms with van der Waals surface area (Å²) in [6.07, 6.45) is 4.78. The molecular weight excluding hydrogens is 288 g/mol. The summed E-state index contributed by atoms with van der Waals surface area (Å²) < 4.78 is 31.7. The highest BCUT2D eigenvalue weighted by Crippen LogP contribution is 2.31. The molecule has 0 aliphatic heterocycles. The molecule has 1 aliphatic rings. The van der Waals surface area contributed by atoms with Gasteiger partial charge in [0, 0.05) is 12.6 Å². The number of nitrogens with zero attached hydrogens (tertiary/aromatic N) is 2. The lowest BCUT2D eigenvalue weighted by atomic mass is 9.85. The van der Waals surface area contributed by atoms with Crippen molar-refractivity contribution < 1.29 is 12.9 Å². The number of anilines is 1. The van der Waals surface area contributed by atoms with Gasteiger partial charge in [-0.05, 0) is 30.9 Å². The van der Waals surface area contributed by atoms with Gasteiger partial charge >= 0.3 is 0 Å². The Morgan fingerprint density at radius 2 is 1.95 bits per heavy atom. The first kappa shape index (κ1) is 14.1. The molecule has 1 aliphatic carbocycles. The van der Waals surface area contributed by atoms with Crippen LogP contribution in [0.5, 0.6) is 0 Å². The van der Waals surface area contributed by atoms with Crippen LogP contribution in [0.25, 0.3) is 0 Å². The number of rotatable bonds is 6. The zero-order valence-electron chi connectivity index (χ0n) is 11.7. The molecule has 1 aromatic carbocycles. The van der Waals surface area contributed by atoms with Gasteiger partial charge < -0.3 is 4.52 Å². The molecule has 1 aromatic heterocycles. The van der Waals surface area contributed by atoms with Gasteiger partial charge in [-0.15, -0.1) is 0 Å². The van der Waals surface area contributed by atoms with Crippen LogP contribution in [0.4, 0.5) is 5.69 Å². The van der Waals surface area contributed by atoms with E-state index < -0.39 is 10.0 Å². The third-order valence-electron chi connectivity index (χ3n) is 3.85. The zero-order valence-corrected chi connectivity index (χ0v) is 12.5. The van der Waals surface area contributed by atoms with Crippen LogP contribution in [0.15, 0.2) is 47.2 Å². The van der Waals surface area contributed by atoms with E-state index in [-0.39, 0.29) is 5.75 Å². The second-order valence-corrected chi connectivity index (χ2v) is 7.30. The molecule has 0 saturated heterocycles. The quantitative estimate of drug-likeness (QED) is 0.823. The molecule has 0 radical (unpaired) electrons. The lowest BCUT2D eigenvalue weighted by molar-refractivity contribution is 0.326. The van der Waals surface area contributed by atoms with E-state index >= 15 is 0 Å². The van der Waals surface area contributed by atoms with Crippen molar-refractivity contribution in [1.82, 2.24) is 5.16 Å². The fourth-order valence-electron chi connectivity index (χ4n) is 2.46. The molecule has 1 saturated carbocycles. The van der Waals surface area contributed by atoms with E-state index in [0.717, 1.165) is 12.8 Å². The SMILES string of the molecule is O=S(=O)(Cc1ccon1)N(CC1CCC1)c1ccccc1. The van der Waals surface area contributed by atoms with E-state index in [4.69, 9.17) is 4.52 Å². The molecule has 0 bridgehead atoms. The molecule has 3 rings (SSSR count). The number of aromatic nitrogens is 1. The topological polar surface area (TPSA) is 63.4 Å². The Kier molecular flexibility index (Phi) is 3.96. The average Bonchev–Trinajstić information content (AvgIpc) is 2.90. The Balaban J connectivity index is 1.86. The molecule has 1 heterocycles. The Labute approximate surface area is 124 Å². The third-order valence-corrected chi connectivity index (χ3v) is 5.54. The molecule has 0 spiro atoms. The Hall–Kier alpha value is -1.82. The summed E-state index contributed by atoms with van der Waals surface area (Å²) in [6, 6.07) is 10.8. The van der Waals surface area contributed by atoms with Crippen LogP contribution < -0.4 is 4.31 Å². The maximum atomic E-state index is 12.7. The lowest BCUT2D eigenvalue weighted by Crippen LogP contribution is -2.38. The first-order valence-corrected chi connectivity index (χ1v) is 8.71. The van der Waals surface area contributed by atoms with Crippen molar-refractivity contribution in [3.05, 3.63) is 48.4 Å². The maximum Gasteiger partial charge on any atom is 0.241 e. The molecule has 5 nitrogen and oxygen atoms in total. The minimum Gasteiger partial charge on any atom is -0.364 e. The zero-order chi connectivity index (χ0) is 14.7. The predicted molar refractivity (Wildman–Crippen MR) is 80.3 cm³/mol. The van der Waals surface area contributed by atoms with Crippen LogP contribution in [0, 0.1) is 5.92 Å². The van der Waals surface area contributed by atoms with Crippen molar-refractivity contribution in [2.75, 3.05) is 10.8 Å². The van der Waals surface area contributed by atoms with Crippen molar-refractivity contribution in [2.45, 2.75) is 25.0 Å². The summed E-state index contributed by atoms with van der Waals surface area (Å²) in [5.74, 6) is 0.322. The Morgan fingerprint density at radius 1 is 1.19 bits per heavy atom. The second kappa shape index (κ2) is 5.89. The number of hydrogen-bond acceptors (Lipinski definition) is 4. The van der Waals surface area contributed by atoms with E-state index in [9.17, 15) is 8.42 Å². The minimum atomic E-state index is -3.46. The number of benzene rings is 1. The van der Waals surface area contributed by atoms with Crippen LogP contribution >= 0.6 is 0 Å². The van der Waals surface area contributed by atoms with Gasteiger partial charge in [-0.25, -0.2) is 8.42 Å². The molecule has 21 heavy (non-hydrogen) atoms. The summed E-state index contributed by atoms with van der Waals surface area (Å²) in [6.45, 7) is 0.546. The molecule has 0 amide bonds. The normalized spacial score (nSPS) is 15.6. The standard InChI is InChI=1S/C15H18N2O3S/c18-21(19,12-14-9-10-20-16-14)17(11-13-5-4-6-13)15-7-2-1-3-8-15/h1-3,7-10,13H,4-6,11-12H2. The van der Waals surface area contributed by atoms with Gasteiger partial charge in [-0.1, -0.05) is 29.8 Å².